The fourth-order valence-electron chi connectivity index (χ4n) is 1.55. The van der Waals surface area contributed by atoms with E-state index in [1.807, 2.05) is 0 Å². The molecule has 0 aromatic heterocycles. The van der Waals surface area contributed by atoms with Crippen molar-refractivity contribution in [1.82, 2.24) is 5.32 Å². The summed E-state index contributed by atoms with van der Waals surface area (Å²) >= 11 is 2.24. The van der Waals surface area contributed by atoms with Crippen LogP contribution in [0, 0.1) is 0 Å². The molecule has 15 heavy (non-hydrogen) atoms. The van der Waals surface area contributed by atoms with Crippen LogP contribution < -0.4 is 5.32 Å². The number of alkyl halides is 1. The quantitative estimate of drug-likeness (QED) is 0.466. The molecule has 2 atom stereocenters. The summed E-state index contributed by atoms with van der Waals surface area (Å²) in [6.45, 7) is 0. The second kappa shape index (κ2) is 5.44. The molecule has 1 aliphatic rings. The summed E-state index contributed by atoms with van der Waals surface area (Å²) in [5.41, 5.74) is 0. The summed E-state index contributed by atoms with van der Waals surface area (Å²) in [5.74, 6) is 0. The fraction of sp³-hybridized carbons (Fsp3) is 0.875. The maximum absolute atomic E-state index is 11.3. The van der Waals surface area contributed by atoms with E-state index in [4.69, 9.17) is 0 Å². The van der Waals surface area contributed by atoms with Crippen molar-refractivity contribution in [3.63, 3.8) is 0 Å². The van der Waals surface area contributed by atoms with Crippen LogP contribution in [-0.4, -0.2) is 30.7 Å². The van der Waals surface area contributed by atoms with Crippen LogP contribution in [0.3, 0.4) is 0 Å². The lowest BCUT2D eigenvalue weighted by Crippen LogP contribution is -2.44. The van der Waals surface area contributed by atoms with Crippen molar-refractivity contribution in [2.45, 2.75) is 35.6 Å². The van der Waals surface area contributed by atoms with Gasteiger partial charge in [0, 0.05) is 9.97 Å². The summed E-state index contributed by atoms with van der Waals surface area (Å²) in [4.78, 5) is 11.3. The molecular weight excluding hydrogens is 333 g/mol. The third kappa shape index (κ3) is 3.56. The Kier molecular flexibility index (Phi) is 4.78. The molecule has 7 heteroatoms. The van der Waals surface area contributed by atoms with E-state index in [1.165, 1.54) is 0 Å². The van der Waals surface area contributed by atoms with Crippen molar-refractivity contribution < 1.29 is 17.4 Å². The van der Waals surface area contributed by atoms with Gasteiger partial charge in [0.1, 0.15) is 0 Å². The average molecular weight is 347 g/mol. The summed E-state index contributed by atoms with van der Waals surface area (Å²) in [6, 6.07) is -0.0585. The molecule has 1 rings (SSSR count). The van der Waals surface area contributed by atoms with Crippen LogP contribution in [-0.2, 0) is 14.3 Å². The van der Waals surface area contributed by atoms with Crippen LogP contribution in [0.25, 0.3) is 0 Å². The Morgan fingerprint density at radius 3 is 2.53 bits per heavy atom. The number of nitrogens with one attached hydrogen (secondary N) is 1. The Labute approximate surface area is 103 Å². The highest BCUT2D eigenvalue weighted by atomic mass is 127. The standard InChI is InChI=1S/C8H14INO4S/c1-14-15(12,13)8(11)10-7-5-3-2-4-6(7)9/h6-7H,2-5H2,1H3,(H,10,11)/t6-,7-/m1/s1. The molecule has 0 bridgehead atoms. The van der Waals surface area contributed by atoms with E-state index >= 15 is 0 Å². The van der Waals surface area contributed by atoms with Gasteiger partial charge in [0.2, 0.25) is 0 Å². The van der Waals surface area contributed by atoms with Crippen molar-refractivity contribution in [2.75, 3.05) is 7.11 Å². The molecule has 0 aromatic rings. The number of carbonyl (C=O) groups excluding carboxylic acids is 1. The zero-order valence-electron chi connectivity index (χ0n) is 8.40. The van der Waals surface area contributed by atoms with Crippen LogP contribution in [0.1, 0.15) is 25.7 Å². The van der Waals surface area contributed by atoms with Crippen molar-refractivity contribution in [3.05, 3.63) is 0 Å². The lowest BCUT2D eigenvalue weighted by atomic mass is 9.96. The highest BCUT2D eigenvalue weighted by Gasteiger charge is 2.29. The minimum atomic E-state index is -4.07. The first-order valence-corrected chi connectivity index (χ1v) is 7.38. The molecule has 1 fully saturated rings. The summed E-state index contributed by atoms with van der Waals surface area (Å²) < 4.78 is 26.5. The first kappa shape index (κ1) is 13.2. The van der Waals surface area contributed by atoms with E-state index in [0.717, 1.165) is 32.8 Å². The zero-order chi connectivity index (χ0) is 11.5. The monoisotopic (exact) mass is 347 g/mol. The van der Waals surface area contributed by atoms with Crippen LogP contribution in [0.15, 0.2) is 0 Å². The van der Waals surface area contributed by atoms with Gasteiger partial charge >= 0.3 is 15.4 Å². The highest BCUT2D eigenvalue weighted by Crippen LogP contribution is 2.25. The van der Waals surface area contributed by atoms with Crippen LogP contribution >= 0.6 is 22.6 Å². The lowest BCUT2D eigenvalue weighted by Gasteiger charge is -2.27. The SMILES string of the molecule is COS(=O)(=O)C(=O)N[C@@H]1CCCC[C@H]1I. The molecule has 0 spiro atoms. The molecule has 88 valence electrons. The molecule has 1 saturated carbocycles. The maximum Gasteiger partial charge on any atom is 0.364 e. The van der Waals surface area contributed by atoms with Gasteiger partial charge in [-0.1, -0.05) is 35.4 Å². The van der Waals surface area contributed by atoms with Gasteiger partial charge in [-0.2, -0.15) is 8.42 Å². The fourth-order valence-corrected chi connectivity index (χ4v) is 2.97. The minimum absolute atomic E-state index is 0.0585. The molecule has 0 heterocycles. The largest absolute Gasteiger partial charge is 0.364 e. The molecule has 5 nitrogen and oxygen atoms in total. The Morgan fingerprint density at radius 1 is 1.40 bits per heavy atom. The highest BCUT2D eigenvalue weighted by molar-refractivity contribution is 14.1. The number of rotatable bonds is 2. The van der Waals surface area contributed by atoms with E-state index in [0.29, 0.717) is 3.92 Å². The van der Waals surface area contributed by atoms with Gasteiger partial charge in [-0.25, -0.2) is 0 Å². The van der Waals surface area contributed by atoms with Crippen molar-refractivity contribution in [3.8, 4) is 0 Å². The van der Waals surface area contributed by atoms with Crippen LogP contribution in [0.4, 0.5) is 4.79 Å². The summed E-state index contributed by atoms with van der Waals surface area (Å²) in [6.07, 6.45) is 4.01. The number of carbonyl (C=O) groups is 1. The predicted molar refractivity (Wildman–Crippen MR) is 64.5 cm³/mol. The normalized spacial score (nSPS) is 27.3. The molecular formula is C8H14INO4S. The molecule has 0 unspecified atom stereocenters. The van der Waals surface area contributed by atoms with Crippen molar-refractivity contribution >= 4 is 37.9 Å². The van der Waals surface area contributed by atoms with E-state index in [9.17, 15) is 13.2 Å². The molecule has 0 radical (unpaired) electrons. The minimum Gasteiger partial charge on any atom is -0.337 e. The smallest absolute Gasteiger partial charge is 0.337 e. The Morgan fingerprint density at radius 2 is 2.00 bits per heavy atom. The van der Waals surface area contributed by atoms with Crippen molar-refractivity contribution in [2.24, 2.45) is 0 Å². The summed E-state index contributed by atoms with van der Waals surface area (Å²) in [7, 11) is -3.09. The first-order valence-electron chi connectivity index (χ1n) is 4.72. The van der Waals surface area contributed by atoms with Crippen LogP contribution in [0.5, 0.6) is 0 Å². The lowest BCUT2D eigenvalue weighted by molar-refractivity contribution is 0.247. The van der Waals surface area contributed by atoms with E-state index in [1.54, 1.807) is 0 Å². The van der Waals surface area contributed by atoms with Gasteiger partial charge in [0.15, 0.2) is 0 Å². The van der Waals surface area contributed by atoms with Gasteiger partial charge in [-0.05, 0) is 12.8 Å². The number of halogens is 1. The van der Waals surface area contributed by atoms with Gasteiger partial charge < -0.3 is 5.32 Å². The predicted octanol–water partition coefficient (Wildman–Crippen LogP) is 1.42. The summed E-state index contributed by atoms with van der Waals surface area (Å²) in [5, 5.41) is 1.47. The van der Waals surface area contributed by atoms with Gasteiger partial charge in [0.25, 0.3) is 0 Å². The number of hydrogen-bond acceptors (Lipinski definition) is 4. The third-order valence-corrected chi connectivity index (χ3v) is 4.93. The second-order valence-electron chi connectivity index (χ2n) is 3.46. The van der Waals surface area contributed by atoms with E-state index < -0.39 is 15.4 Å². The Balaban J connectivity index is 2.58. The molecule has 0 saturated heterocycles. The second-order valence-corrected chi connectivity index (χ2v) is 6.67. The molecule has 1 N–H and O–H groups in total. The van der Waals surface area contributed by atoms with E-state index in [-0.39, 0.29) is 6.04 Å². The van der Waals surface area contributed by atoms with Gasteiger partial charge in [-0.3, -0.25) is 8.98 Å². The average Bonchev–Trinajstić information content (AvgIpc) is 2.21. The van der Waals surface area contributed by atoms with E-state index in [2.05, 4.69) is 32.1 Å². The molecule has 1 aliphatic carbocycles. The van der Waals surface area contributed by atoms with Gasteiger partial charge in [-0.15, -0.1) is 0 Å². The third-order valence-electron chi connectivity index (χ3n) is 2.43. The molecule has 0 aromatic carbocycles. The molecule has 0 aliphatic heterocycles. The Hall–Kier alpha value is 0.110. The first-order chi connectivity index (χ1) is 6.97. The Bertz CT molecular complexity index is 330. The topological polar surface area (TPSA) is 72.5 Å². The van der Waals surface area contributed by atoms with Crippen molar-refractivity contribution in [1.29, 1.82) is 0 Å². The van der Waals surface area contributed by atoms with Crippen LogP contribution in [0.2, 0.25) is 0 Å². The number of amides is 1. The molecule has 1 amide bonds. The zero-order valence-corrected chi connectivity index (χ0v) is 11.4. The maximum atomic E-state index is 11.3. The van der Waals surface area contributed by atoms with Gasteiger partial charge in [0.05, 0.1) is 7.11 Å². The number of hydrogen-bond donors (Lipinski definition) is 1.